The molecule has 0 unspecified atom stereocenters. The molecule has 0 aliphatic rings. The van der Waals surface area contributed by atoms with Crippen LogP contribution in [-0.2, 0) is 6.18 Å². The molecular weight excluding hydrogens is 223 g/mol. The van der Waals surface area contributed by atoms with Crippen LogP contribution in [0.2, 0.25) is 0 Å². The van der Waals surface area contributed by atoms with Crippen LogP contribution in [0.15, 0.2) is 23.1 Å². The predicted octanol–water partition coefficient (Wildman–Crippen LogP) is 3.79. The van der Waals surface area contributed by atoms with Gasteiger partial charge < -0.3 is 5.73 Å². The molecule has 1 aromatic rings. The molecule has 0 aromatic heterocycles. The number of halogens is 3. The molecule has 0 saturated carbocycles. The van der Waals surface area contributed by atoms with Crippen LogP contribution in [0.1, 0.15) is 18.9 Å². The minimum atomic E-state index is -4.37. The first-order chi connectivity index (χ1) is 6.95. The number of thioether (sulfide) groups is 1. The first-order valence-corrected chi connectivity index (χ1v) is 5.53. The van der Waals surface area contributed by atoms with Crippen molar-refractivity contribution in [1.29, 1.82) is 0 Å². The van der Waals surface area contributed by atoms with Crippen LogP contribution in [0.5, 0.6) is 0 Å². The number of hydrogen-bond acceptors (Lipinski definition) is 2. The van der Waals surface area contributed by atoms with Gasteiger partial charge in [0.05, 0.1) is 5.56 Å². The van der Waals surface area contributed by atoms with Crippen LogP contribution in [0.25, 0.3) is 0 Å². The number of nitrogen functional groups attached to an aromatic ring is 1. The molecule has 0 fully saturated rings. The molecule has 1 aromatic carbocycles. The minimum absolute atomic E-state index is 0.219. The highest BCUT2D eigenvalue weighted by molar-refractivity contribution is 7.99. The second-order valence-electron chi connectivity index (χ2n) is 3.10. The van der Waals surface area contributed by atoms with Crippen molar-refractivity contribution in [3.63, 3.8) is 0 Å². The Hall–Kier alpha value is -0.840. The number of hydrogen-bond donors (Lipinski definition) is 1. The highest BCUT2D eigenvalue weighted by atomic mass is 32.2. The summed E-state index contributed by atoms with van der Waals surface area (Å²) in [6, 6.07) is 4.03. The lowest BCUT2D eigenvalue weighted by Gasteiger charge is -2.11. The van der Waals surface area contributed by atoms with Gasteiger partial charge in [0.2, 0.25) is 0 Å². The van der Waals surface area contributed by atoms with Crippen LogP contribution in [0, 0.1) is 0 Å². The van der Waals surface area contributed by atoms with Crippen molar-refractivity contribution in [1.82, 2.24) is 0 Å². The monoisotopic (exact) mass is 235 g/mol. The maximum Gasteiger partial charge on any atom is 0.418 e. The molecule has 0 spiro atoms. The van der Waals surface area contributed by atoms with Gasteiger partial charge in [-0.3, -0.25) is 0 Å². The Morgan fingerprint density at radius 2 is 2.00 bits per heavy atom. The second-order valence-corrected chi connectivity index (χ2v) is 4.26. The van der Waals surface area contributed by atoms with Gasteiger partial charge in [-0.15, -0.1) is 11.8 Å². The highest BCUT2D eigenvalue weighted by Crippen LogP contribution is 2.35. The number of benzene rings is 1. The van der Waals surface area contributed by atoms with E-state index in [1.807, 2.05) is 6.92 Å². The zero-order chi connectivity index (χ0) is 11.5. The van der Waals surface area contributed by atoms with Crippen LogP contribution in [-0.4, -0.2) is 5.75 Å². The van der Waals surface area contributed by atoms with E-state index >= 15 is 0 Å². The molecule has 1 rings (SSSR count). The summed E-state index contributed by atoms with van der Waals surface area (Å²) < 4.78 is 37.4. The van der Waals surface area contributed by atoms with Crippen molar-refractivity contribution >= 4 is 17.4 Å². The summed E-state index contributed by atoms with van der Waals surface area (Å²) in [7, 11) is 0. The quantitative estimate of drug-likeness (QED) is 0.637. The standard InChI is InChI=1S/C10H12F3NS/c1-2-5-15-7-3-4-9(14)8(6-7)10(11,12)13/h3-4,6H,2,5,14H2,1H3. The Morgan fingerprint density at radius 1 is 1.33 bits per heavy atom. The summed E-state index contributed by atoms with van der Waals surface area (Å²) in [5.74, 6) is 0.807. The van der Waals surface area contributed by atoms with E-state index in [4.69, 9.17) is 5.73 Å². The minimum Gasteiger partial charge on any atom is -0.398 e. The van der Waals surface area contributed by atoms with Crippen molar-refractivity contribution in [2.75, 3.05) is 11.5 Å². The summed E-state index contributed by atoms with van der Waals surface area (Å²) in [4.78, 5) is 0.610. The third-order valence-corrected chi connectivity index (χ3v) is 3.00. The third kappa shape index (κ3) is 3.34. The summed E-state index contributed by atoms with van der Waals surface area (Å²) in [5, 5.41) is 0. The van der Waals surface area contributed by atoms with E-state index in [0.29, 0.717) is 4.90 Å². The zero-order valence-electron chi connectivity index (χ0n) is 8.27. The molecule has 0 heterocycles. The lowest BCUT2D eigenvalue weighted by Crippen LogP contribution is -2.08. The SMILES string of the molecule is CCCSc1ccc(N)c(C(F)(F)F)c1. The van der Waals surface area contributed by atoms with Crippen molar-refractivity contribution in [2.45, 2.75) is 24.4 Å². The Labute approximate surface area is 90.9 Å². The van der Waals surface area contributed by atoms with Crippen molar-refractivity contribution in [2.24, 2.45) is 0 Å². The van der Waals surface area contributed by atoms with Gasteiger partial charge in [0, 0.05) is 10.6 Å². The van der Waals surface area contributed by atoms with Crippen LogP contribution >= 0.6 is 11.8 Å². The molecule has 1 nitrogen and oxygen atoms in total. The normalized spacial score (nSPS) is 11.7. The molecule has 0 radical (unpaired) electrons. The van der Waals surface area contributed by atoms with E-state index < -0.39 is 11.7 Å². The lowest BCUT2D eigenvalue weighted by molar-refractivity contribution is -0.137. The first kappa shape index (κ1) is 12.2. The van der Waals surface area contributed by atoms with Crippen LogP contribution in [0.3, 0.4) is 0 Å². The predicted molar refractivity (Wildman–Crippen MR) is 56.9 cm³/mol. The molecule has 2 N–H and O–H groups in total. The average molecular weight is 235 g/mol. The summed E-state index contributed by atoms with van der Waals surface area (Å²) >= 11 is 1.40. The average Bonchev–Trinajstić information content (AvgIpc) is 2.15. The molecule has 0 amide bonds. The lowest BCUT2D eigenvalue weighted by atomic mass is 10.2. The number of nitrogens with two attached hydrogens (primary N) is 1. The smallest absolute Gasteiger partial charge is 0.398 e. The fraction of sp³-hybridized carbons (Fsp3) is 0.400. The maximum absolute atomic E-state index is 12.5. The number of anilines is 1. The molecule has 84 valence electrons. The van der Waals surface area contributed by atoms with Crippen molar-refractivity contribution in [3.05, 3.63) is 23.8 Å². The highest BCUT2D eigenvalue weighted by Gasteiger charge is 2.33. The Morgan fingerprint density at radius 3 is 2.53 bits per heavy atom. The van der Waals surface area contributed by atoms with Crippen molar-refractivity contribution in [3.8, 4) is 0 Å². The van der Waals surface area contributed by atoms with E-state index in [9.17, 15) is 13.2 Å². The third-order valence-electron chi connectivity index (χ3n) is 1.80. The molecule has 15 heavy (non-hydrogen) atoms. The van der Waals surface area contributed by atoms with Gasteiger partial charge in [-0.05, 0) is 30.4 Å². The topological polar surface area (TPSA) is 26.0 Å². The number of alkyl halides is 3. The van der Waals surface area contributed by atoms with Gasteiger partial charge >= 0.3 is 6.18 Å². The molecule has 5 heteroatoms. The van der Waals surface area contributed by atoms with Gasteiger partial charge in [-0.25, -0.2) is 0 Å². The molecular formula is C10H12F3NS. The molecule has 0 atom stereocenters. The van der Waals surface area contributed by atoms with Gasteiger partial charge in [-0.2, -0.15) is 13.2 Å². The molecule has 0 bridgehead atoms. The summed E-state index contributed by atoms with van der Waals surface area (Å²) in [6.07, 6.45) is -3.44. The van der Waals surface area contributed by atoms with Gasteiger partial charge in [0.15, 0.2) is 0 Å². The van der Waals surface area contributed by atoms with E-state index in [2.05, 4.69) is 0 Å². The summed E-state index contributed by atoms with van der Waals surface area (Å²) in [5.41, 5.74) is 4.31. The first-order valence-electron chi connectivity index (χ1n) is 4.54. The van der Waals surface area contributed by atoms with Crippen molar-refractivity contribution < 1.29 is 13.2 Å². The van der Waals surface area contributed by atoms with E-state index in [-0.39, 0.29) is 5.69 Å². The Kier molecular flexibility index (Phi) is 3.90. The van der Waals surface area contributed by atoms with E-state index in [1.54, 1.807) is 6.07 Å². The van der Waals surface area contributed by atoms with E-state index in [0.717, 1.165) is 18.2 Å². The van der Waals surface area contributed by atoms with Gasteiger partial charge in [-0.1, -0.05) is 6.92 Å². The van der Waals surface area contributed by atoms with Gasteiger partial charge in [0.1, 0.15) is 0 Å². The van der Waals surface area contributed by atoms with Crippen LogP contribution < -0.4 is 5.73 Å². The molecule has 0 aliphatic carbocycles. The largest absolute Gasteiger partial charge is 0.418 e. The maximum atomic E-state index is 12.5. The second kappa shape index (κ2) is 4.79. The Balaban J connectivity index is 2.95. The molecule has 0 aliphatic heterocycles. The zero-order valence-corrected chi connectivity index (χ0v) is 9.08. The number of rotatable bonds is 3. The fourth-order valence-corrected chi connectivity index (χ4v) is 1.90. The molecule has 0 saturated heterocycles. The fourth-order valence-electron chi connectivity index (χ4n) is 1.09. The van der Waals surface area contributed by atoms with E-state index in [1.165, 1.54) is 17.8 Å². The summed E-state index contributed by atoms with van der Waals surface area (Å²) in [6.45, 7) is 1.98. The Bertz CT molecular complexity index is 336. The van der Waals surface area contributed by atoms with Gasteiger partial charge in [0.25, 0.3) is 0 Å². The van der Waals surface area contributed by atoms with Crippen LogP contribution in [0.4, 0.5) is 18.9 Å².